The fraction of sp³-hybridized carbons (Fsp3) is 0.611. The Morgan fingerprint density at radius 3 is 2.40 bits per heavy atom. The number of hydrogen-bond donors (Lipinski definition) is 0. The van der Waals surface area contributed by atoms with Crippen LogP contribution in [0.3, 0.4) is 0 Å². The van der Waals surface area contributed by atoms with Crippen LogP contribution in [-0.2, 0) is 4.74 Å². The van der Waals surface area contributed by atoms with Crippen LogP contribution in [-0.4, -0.2) is 12.6 Å². The summed E-state index contributed by atoms with van der Waals surface area (Å²) in [5.41, 5.74) is 1.66. The fourth-order valence-electron chi connectivity index (χ4n) is 2.23. The topological polar surface area (TPSA) is 26.3 Å². The zero-order valence-electron chi connectivity index (χ0n) is 13.2. The summed E-state index contributed by atoms with van der Waals surface area (Å²) in [4.78, 5) is 11.9. The fourth-order valence-corrected chi connectivity index (χ4v) is 2.23. The van der Waals surface area contributed by atoms with Crippen molar-refractivity contribution in [1.82, 2.24) is 0 Å². The van der Waals surface area contributed by atoms with E-state index in [0.29, 0.717) is 12.2 Å². The van der Waals surface area contributed by atoms with Crippen LogP contribution in [0.1, 0.15) is 68.3 Å². The van der Waals surface area contributed by atoms with Crippen molar-refractivity contribution in [2.45, 2.75) is 59.3 Å². The highest BCUT2D eigenvalue weighted by atomic mass is 16.5. The van der Waals surface area contributed by atoms with Gasteiger partial charge in [-0.3, -0.25) is 0 Å². The van der Waals surface area contributed by atoms with E-state index >= 15 is 0 Å². The normalized spacial score (nSPS) is 10.8. The molecule has 0 bridgehead atoms. The van der Waals surface area contributed by atoms with Gasteiger partial charge >= 0.3 is 5.97 Å². The van der Waals surface area contributed by atoms with Gasteiger partial charge in [0.25, 0.3) is 0 Å². The summed E-state index contributed by atoms with van der Waals surface area (Å²) in [7, 11) is 0. The lowest BCUT2D eigenvalue weighted by molar-refractivity contribution is 0.0497. The Kier molecular flexibility index (Phi) is 8.01. The van der Waals surface area contributed by atoms with E-state index in [9.17, 15) is 4.79 Å². The van der Waals surface area contributed by atoms with Crippen molar-refractivity contribution in [2.75, 3.05) is 6.61 Å². The van der Waals surface area contributed by atoms with Crippen LogP contribution >= 0.6 is 0 Å². The molecule has 0 aliphatic rings. The van der Waals surface area contributed by atoms with Gasteiger partial charge in [-0.2, -0.15) is 0 Å². The third kappa shape index (κ3) is 6.74. The number of carbonyl (C=O) groups excluding carboxylic acids is 1. The number of carbonyl (C=O) groups is 1. The Labute approximate surface area is 123 Å². The summed E-state index contributed by atoms with van der Waals surface area (Å²) in [6, 6.07) is 7.57. The Balaban J connectivity index is 2.07. The molecule has 0 atom stereocenters. The Bertz CT molecular complexity index is 396. The highest BCUT2D eigenvalue weighted by Crippen LogP contribution is 2.12. The number of benzene rings is 1. The van der Waals surface area contributed by atoms with Crippen molar-refractivity contribution in [3.63, 3.8) is 0 Å². The molecule has 0 saturated carbocycles. The van der Waals surface area contributed by atoms with Crippen molar-refractivity contribution in [3.8, 4) is 0 Å². The van der Waals surface area contributed by atoms with E-state index in [0.717, 1.165) is 24.3 Å². The van der Waals surface area contributed by atoms with Crippen molar-refractivity contribution in [2.24, 2.45) is 5.92 Å². The summed E-state index contributed by atoms with van der Waals surface area (Å²) < 4.78 is 5.31. The lowest BCUT2D eigenvalue weighted by atomic mass is 10.0. The van der Waals surface area contributed by atoms with Crippen LogP contribution in [0.5, 0.6) is 0 Å². The van der Waals surface area contributed by atoms with Gasteiger partial charge in [0.1, 0.15) is 0 Å². The molecule has 112 valence electrons. The maximum Gasteiger partial charge on any atom is 0.338 e. The summed E-state index contributed by atoms with van der Waals surface area (Å²) in [6.07, 6.45) is 7.31. The SMILES string of the molecule is Cc1ccccc1C(=O)OCCCCCCCC(C)C. The van der Waals surface area contributed by atoms with Crippen molar-refractivity contribution in [1.29, 1.82) is 0 Å². The molecule has 0 fully saturated rings. The van der Waals surface area contributed by atoms with E-state index in [1.165, 1.54) is 25.7 Å². The molecular formula is C18H28O2. The first-order valence-corrected chi connectivity index (χ1v) is 7.84. The van der Waals surface area contributed by atoms with E-state index in [1.54, 1.807) is 0 Å². The van der Waals surface area contributed by atoms with E-state index in [4.69, 9.17) is 4.74 Å². The summed E-state index contributed by atoms with van der Waals surface area (Å²) >= 11 is 0. The summed E-state index contributed by atoms with van der Waals surface area (Å²) in [5.74, 6) is 0.618. The molecule has 0 aliphatic carbocycles. The number of ether oxygens (including phenoxy) is 1. The molecule has 0 heterocycles. The van der Waals surface area contributed by atoms with Gasteiger partial charge in [-0.25, -0.2) is 4.79 Å². The second-order valence-electron chi connectivity index (χ2n) is 5.90. The van der Waals surface area contributed by atoms with E-state index in [1.807, 2.05) is 31.2 Å². The molecule has 1 aromatic carbocycles. The number of unbranched alkanes of at least 4 members (excludes halogenated alkanes) is 4. The molecule has 0 N–H and O–H groups in total. The zero-order chi connectivity index (χ0) is 14.8. The second kappa shape index (κ2) is 9.57. The molecule has 2 heteroatoms. The van der Waals surface area contributed by atoms with Crippen LogP contribution in [0.4, 0.5) is 0 Å². The molecule has 0 aromatic heterocycles. The van der Waals surface area contributed by atoms with Gasteiger partial charge in [0.15, 0.2) is 0 Å². The number of hydrogen-bond acceptors (Lipinski definition) is 2. The number of esters is 1. The molecular weight excluding hydrogens is 248 g/mol. The standard InChI is InChI=1S/C18H28O2/c1-15(2)11-7-5-4-6-10-14-20-18(19)17-13-9-8-12-16(17)3/h8-9,12-13,15H,4-7,10-11,14H2,1-3H3. The zero-order valence-corrected chi connectivity index (χ0v) is 13.2. The largest absolute Gasteiger partial charge is 0.462 e. The molecule has 1 rings (SSSR count). The maximum atomic E-state index is 11.9. The predicted molar refractivity (Wildman–Crippen MR) is 84.0 cm³/mol. The first kappa shape index (κ1) is 16.7. The average molecular weight is 276 g/mol. The minimum absolute atomic E-state index is 0.192. The minimum atomic E-state index is -0.192. The third-order valence-electron chi connectivity index (χ3n) is 3.52. The average Bonchev–Trinajstić information content (AvgIpc) is 2.41. The number of rotatable bonds is 9. The van der Waals surface area contributed by atoms with Gasteiger partial charge < -0.3 is 4.74 Å². The smallest absolute Gasteiger partial charge is 0.338 e. The lowest BCUT2D eigenvalue weighted by Gasteiger charge is -2.07. The highest BCUT2D eigenvalue weighted by Gasteiger charge is 2.08. The van der Waals surface area contributed by atoms with Crippen molar-refractivity contribution in [3.05, 3.63) is 35.4 Å². The maximum absolute atomic E-state index is 11.9. The summed E-state index contributed by atoms with van der Waals surface area (Å²) in [6.45, 7) is 7.01. The lowest BCUT2D eigenvalue weighted by Crippen LogP contribution is -2.08. The van der Waals surface area contributed by atoms with Gasteiger partial charge in [-0.15, -0.1) is 0 Å². The van der Waals surface area contributed by atoms with Crippen LogP contribution in [0, 0.1) is 12.8 Å². The van der Waals surface area contributed by atoms with Gasteiger partial charge in [-0.1, -0.05) is 64.2 Å². The molecule has 2 nitrogen and oxygen atoms in total. The van der Waals surface area contributed by atoms with Crippen LogP contribution in [0.25, 0.3) is 0 Å². The molecule has 20 heavy (non-hydrogen) atoms. The van der Waals surface area contributed by atoms with Crippen molar-refractivity contribution < 1.29 is 9.53 Å². The molecule has 0 unspecified atom stereocenters. The Morgan fingerprint density at radius 1 is 1.05 bits per heavy atom. The van der Waals surface area contributed by atoms with Crippen LogP contribution < -0.4 is 0 Å². The molecule has 0 saturated heterocycles. The molecule has 0 aliphatic heterocycles. The first-order chi connectivity index (χ1) is 9.61. The Morgan fingerprint density at radius 2 is 1.70 bits per heavy atom. The van der Waals surface area contributed by atoms with Gasteiger partial charge in [0.2, 0.25) is 0 Å². The van der Waals surface area contributed by atoms with Crippen LogP contribution in [0.2, 0.25) is 0 Å². The molecule has 0 amide bonds. The summed E-state index contributed by atoms with van der Waals surface area (Å²) in [5, 5.41) is 0. The van der Waals surface area contributed by atoms with Crippen molar-refractivity contribution >= 4 is 5.97 Å². The van der Waals surface area contributed by atoms with E-state index < -0.39 is 0 Å². The van der Waals surface area contributed by atoms with E-state index in [2.05, 4.69) is 13.8 Å². The van der Waals surface area contributed by atoms with Gasteiger partial charge in [0, 0.05) is 0 Å². The quantitative estimate of drug-likeness (QED) is 0.460. The minimum Gasteiger partial charge on any atom is -0.462 e. The molecule has 0 radical (unpaired) electrons. The van der Waals surface area contributed by atoms with E-state index in [-0.39, 0.29) is 5.97 Å². The third-order valence-corrected chi connectivity index (χ3v) is 3.52. The second-order valence-corrected chi connectivity index (χ2v) is 5.90. The molecule has 0 spiro atoms. The molecule has 1 aromatic rings. The predicted octanol–water partition coefficient (Wildman–Crippen LogP) is 5.15. The van der Waals surface area contributed by atoms with Crippen LogP contribution in [0.15, 0.2) is 24.3 Å². The van der Waals surface area contributed by atoms with Gasteiger partial charge in [0.05, 0.1) is 12.2 Å². The highest BCUT2D eigenvalue weighted by molar-refractivity contribution is 5.90. The number of aryl methyl sites for hydroxylation is 1. The first-order valence-electron chi connectivity index (χ1n) is 7.84. The Hall–Kier alpha value is -1.31. The van der Waals surface area contributed by atoms with Gasteiger partial charge in [-0.05, 0) is 30.9 Å². The monoisotopic (exact) mass is 276 g/mol.